The zero-order valence-electron chi connectivity index (χ0n) is 11.4. The minimum Gasteiger partial charge on any atom is -0.437 e. The highest BCUT2D eigenvalue weighted by Gasteiger charge is 2.03. The molecule has 0 saturated carbocycles. The molecule has 0 aliphatic rings. The summed E-state index contributed by atoms with van der Waals surface area (Å²) in [5.74, 6) is 1.94. The molecule has 0 amide bonds. The lowest BCUT2D eigenvalue weighted by molar-refractivity contribution is 0.461. The van der Waals surface area contributed by atoms with Crippen molar-refractivity contribution in [1.29, 1.82) is 0 Å². The van der Waals surface area contributed by atoms with Gasteiger partial charge in [-0.1, -0.05) is 6.07 Å². The number of hydrogen-bond donors (Lipinski definition) is 1. The molecule has 100 valence electrons. The highest BCUT2D eigenvalue weighted by atomic mass is 16.5. The first-order valence-electron chi connectivity index (χ1n) is 6.20. The molecule has 1 heterocycles. The van der Waals surface area contributed by atoms with E-state index in [2.05, 4.69) is 15.3 Å². The van der Waals surface area contributed by atoms with E-state index in [1.165, 1.54) is 0 Å². The molecule has 5 heteroatoms. The standard InChI is InChI=1S/C14H18N4O/c1-4-16-13-9-15-10-14(17-13)19-12-7-5-6-11(8-12)18(2)3/h5-10H,4H2,1-3H3,(H,16,17). The average molecular weight is 258 g/mol. The van der Waals surface area contributed by atoms with Crippen molar-refractivity contribution in [1.82, 2.24) is 9.97 Å². The minimum atomic E-state index is 0.481. The highest BCUT2D eigenvalue weighted by molar-refractivity contribution is 5.50. The zero-order valence-corrected chi connectivity index (χ0v) is 11.4. The summed E-state index contributed by atoms with van der Waals surface area (Å²) in [6.07, 6.45) is 3.27. The van der Waals surface area contributed by atoms with E-state index >= 15 is 0 Å². The fraction of sp³-hybridized carbons (Fsp3) is 0.286. The second kappa shape index (κ2) is 6.04. The number of nitrogens with one attached hydrogen (secondary N) is 1. The molecule has 2 aromatic rings. The lowest BCUT2D eigenvalue weighted by atomic mass is 10.3. The van der Waals surface area contributed by atoms with Crippen molar-refractivity contribution in [3.63, 3.8) is 0 Å². The van der Waals surface area contributed by atoms with Crippen LogP contribution in [0.15, 0.2) is 36.7 Å². The van der Waals surface area contributed by atoms with Crippen molar-refractivity contribution in [2.75, 3.05) is 30.9 Å². The number of ether oxygens (including phenoxy) is 1. The van der Waals surface area contributed by atoms with Gasteiger partial charge in [0, 0.05) is 32.4 Å². The number of hydrogen-bond acceptors (Lipinski definition) is 5. The molecule has 0 aliphatic carbocycles. The van der Waals surface area contributed by atoms with Gasteiger partial charge < -0.3 is 15.0 Å². The molecule has 0 aliphatic heterocycles. The normalized spacial score (nSPS) is 10.1. The Bertz CT molecular complexity index is 542. The van der Waals surface area contributed by atoms with Gasteiger partial charge in [-0.05, 0) is 19.1 Å². The highest BCUT2D eigenvalue weighted by Crippen LogP contribution is 2.24. The van der Waals surface area contributed by atoms with Gasteiger partial charge in [-0.15, -0.1) is 0 Å². The molecule has 0 bridgehead atoms. The number of anilines is 2. The molecule has 0 atom stereocenters. The molecule has 1 aromatic heterocycles. The van der Waals surface area contributed by atoms with Crippen molar-refractivity contribution in [3.8, 4) is 11.6 Å². The number of rotatable bonds is 5. The van der Waals surface area contributed by atoms with Crippen LogP contribution in [0.25, 0.3) is 0 Å². The zero-order chi connectivity index (χ0) is 13.7. The monoisotopic (exact) mass is 258 g/mol. The maximum atomic E-state index is 5.72. The first-order valence-corrected chi connectivity index (χ1v) is 6.20. The fourth-order valence-electron chi connectivity index (χ4n) is 1.61. The molecular weight excluding hydrogens is 240 g/mol. The molecule has 0 unspecified atom stereocenters. The summed E-state index contributed by atoms with van der Waals surface area (Å²) < 4.78 is 5.72. The summed E-state index contributed by atoms with van der Waals surface area (Å²) in [6.45, 7) is 2.81. The van der Waals surface area contributed by atoms with Crippen LogP contribution in [0.4, 0.5) is 11.5 Å². The van der Waals surface area contributed by atoms with Gasteiger partial charge in [0.15, 0.2) is 0 Å². The summed E-state index contributed by atoms with van der Waals surface area (Å²) in [7, 11) is 3.98. The smallest absolute Gasteiger partial charge is 0.239 e. The van der Waals surface area contributed by atoms with Crippen LogP contribution in [-0.4, -0.2) is 30.6 Å². The van der Waals surface area contributed by atoms with Crippen LogP contribution in [0.3, 0.4) is 0 Å². The summed E-state index contributed by atoms with van der Waals surface area (Å²) >= 11 is 0. The summed E-state index contributed by atoms with van der Waals surface area (Å²) in [5, 5.41) is 3.10. The first-order chi connectivity index (χ1) is 9.19. The molecule has 5 nitrogen and oxygen atoms in total. The van der Waals surface area contributed by atoms with Crippen LogP contribution in [-0.2, 0) is 0 Å². The predicted molar refractivity (Wildman–Crippen MR) is 77.0 cm³/mol. The Morgan fingerprint density at radius 2 is 2.11 bits per heavy atom. The lowest BCUT2D eigenvalue weighted by Gasteiger charge is -2.13. The average Bonchev–Trinajstić information content (AvgIpc) is 2.40. The van der Waals surface area contributed by atoms with Crippen LogP contribution in [0, 0.1) is 0 Å². The van der Waals surface area contributed by atoms with Crippen LogP contribution in [0.5, 0.6) is 11.6 Å². The SMILES string of the molecule is CCNc1cncc(Oc2cccc(N(C)C)c2)n1. The molecule has 1 aromatic carbocycles. The topological polar surface area (TPSA) is 50.3 Å². The van der Waals surface area contributed by atoms with E-state index in [-0.39, 0.29) is 0 Å². The second-order valence-electron chi connectivity index (χ2n) is 4.27. The number of aromatic nitrogens is 2. The molecule has 0 radical (unpaired) electrons. The number of benzene rings is 1. The van der Waals surface area contributed by atoms with Crippen LogP contribution >= 0.6 is 0 Å². The quantitative estimate of drug-likeness (QED) is 0.893. The largest absolute Gasteiger partial charge is 0.437 e. The van der Waals surface area contributed by atoms with Gasteiger partial charge >= 0.3 is 0 Å². The van der Waals surface area contributed by atoms with Gasteiger partial charge in [-0.2, -0.15) is 4.98 Å². The molecule has 0 spiro atoms. The molecule has 2 rings (SSSR count). The third-order valence-corrected chi connectivity index (χ3v) is 2.53. The Morgan fingerprint density at radius 1 is 1.26 bits per heavy atom. The van der Waals surface area contributed by atoms with E-state index in [1.54, 1.807) is 12.4 Å². The van der Waals surface area contributed by atoms with Gasteiger partial charge in [0.05, 0.1) is 12.4 Å². The molecular formula is C14H18N4O. The van der Waals surface area contributed by atoms with Gasteiger partial charge in [0.25, 0.3) is 0 Å². The Hall–Kier alpha value is -2.30. The maximum Gasteiger partial charge on any atom is 0.239 e. The van der Waals surface area contributed by atoms with Crippen LogP contribution < -0.4 is 15.0 Å². The predicted octanol–water partition coefficient (Wildman–Crippen LogP) is 2.77. The van der Waals surface area contributed by atoms with E-state index in [4.69, 9.17) is 4.74 Å². The van der Waals surface area contributed by atoms with E-state index in [0.29, 0.717) is 11.7 Å². The number of nitrogens with zero attached hydrogens (tertiary/aromatic N) is 3. The Kier molecular flexibility index (Phi) is 4.18. The third kappa shape index (κ3) is 3.58. The summed E-state index contributed by atoms with van der Waals surface area (Å²) in [5.41, 5.74) is 1.08. The molecule has 0 fully saturated rings. The first kappa shape index (κ1) is 13.1. The van der Waals surface area contributed by atoms with E-state index in [9.17, 15) is 0 Å². The van der Waals surface area contributed by atoms with Gasteiger partial charge in [-0.3, -0.25) is 4.98 Å². The van der Waals surface area contributed by atoms with Crippen molar-refractivity contribution in [3.05, 3.63) is 36.7 Å². The van der Waals surface area contributed by atoms with Crippen molar-refractivity contribution in [2.24, 2.45) is 0 Å². The van der Waals surface area contributed by atoms with Crippen LogP contribution in [0.1, 0.15) is 6.92 Å². The fourth-order valence-corrected chi connectivity index (χ4v) is 1.61. The Morgan fingerprint density at radius 3 is 2.84 bits per heavy atom. The van der Waals surface area contributed by atoms with E-state index in [1.807, 2.05) is 50.2 Å². The Balaban J connectivity index is 2.16. The maximum absolute atomic E-state index is 5.72. The summed E-state index contributed by atoms with van der Waals surface area (Å²) in [6, 6.07) is 7.83. The van der Waals surface area contributed by atoms with E-state index in [0.717, 1.165) is 18.0 Å². The molecule has 19 heavy (non-hydrogen) atoms. The summed E-state index contributed by atoms with van der Waals surface area (Å²) in [4.78, 5) is 10.4. The van der Waals surface area contributed by atoms with Gasteiger partial charge in [0.2, 0.25) is 5.88 Å². The Labute approximate surface area is 113 Å². The van der Waals surface area contributed by atoms with E-state index < -0.39 is 0 Å². The van der Waals surface area contributed by atoms with Crippen molar-refractivity contribution < 1.29 is 4.74 Å². The third-order valence-electron chi connectivity index (χ3n) is 2.53. The lowest BCUT2D eigenvalue weighted by Crippen LogP contribution is -2.08. The molecule has 0 saturated heterocycles. The van der Waals surface area contributed by atoms with Gasteiger partial charge in [-0.25, -0.2) is 0 Å². The van der Waals surface area contributed by atoms with Crippen molar-refractivity contribution >= 4 is 11.5 Å². The minimum absolute atomic E-state index is 0.481. The van der Waals surface area contributed by atoms with Gasteiger partial charge in [0.1, 0.15) is 11.6 Å². The molecule has 1 N–H and O–H groups in total. The van der Waals surface area contributed by atoms with Crippen molar-refractivity contribution in [2.45, 2.75) is 6.92 Å². The van der Waals surface area contributed by atoms with Crippen LogP contribution in [0.2, 0.25) is 0 Å². The second-order valence-corrected chi connectivity index (χ2v) is 4.27.